The minimum atomic E-state index is 0.209. The summed E-state index contributed by atoms with van der Waals surface area (Å²) in [5.41, 5.74) is 6.48. The van der Waals surface area contributed by atoms with Crippen molar-refractivity contribution in [1.82, 2.24) is 4.90 Å². The van der Waals surface area contributed by atoms with Gasteiger partial charge in [-0.05, 0) is 51.4 Å². The van der Waals surface area contributed by atoms with Gasteiger partial charge in [0.15, 0.2) is 0 Å². The van der Waals surface area contributed by atoms with E-state index >= 15 is 0 Å². The maximum absolute atomic E-state index is 6.27. The Balaban J connectivity index is 1.77. The second kappa shape index (κ2) is 4.42. The first-order valence-corrected chi connectivity index (χ1v) is 6.62. The summed E-state index contributed by atoms with van der Waals surface area (Å²) in [4.78, 5) is 2.65. The molecule has 1 aliphatic carbocycles. The van der Waals surface area contributed by atoms with Gasteiger partial charge < -0.3 is 10.6 Å². The highest BCUT2D eigenvalue weighted by Gasteiger charge is 2.33. The first-order valence-electron chi connectivity index (χ1n) is 6.62. The molecule has 0 aromatic carbocycles. The Hall–Kier alpha value is -0.0800. The molecule has 15 heavy (non-hydrogen) atoms. The van der Waals surface area contributed by atoms with Crippen LogP contribution in [0.5, 0.6) is 0 Å². The lowest BCUT2D eigenvalue weighted by atomic mass is 9.75. The van der Waals surface area contributed by atoms with Crippen molar-refractivity contribution in [3.63, 3.8) is 0 Å². The minimum Gasteiger partial charge on any atom is -0.325 e. The summed E-state index contributed by atoms with van der Waals surface area (Å²) >= 11 is 0. The van der Waals surface area contributed by atoms with Crippen LogP contribution in [0.3, 0.4) is 0 Å². The summed E-state index contributed by atoms with van der Waals surface area (Å²) in [5.74, 6) is 0.885. The fourth-order valence-corrected chi connectivity index (χ4v) is 2.94. The summed E-state index contributed by atoms with van der Waals surface area (Å²) in [5, 5.41) is 0. The molecule has 2 N–H and O–H groups in total. The quantitative estimate of drug-likeness (QED) is 0.775. The summed E-state index contributed by atoms with van der Waals surface area (Å²) < 4.78 is 0. The van der Waals surface area contributed by atoms with Crippen LogP contribution in [-0.2, 0) is 0 Å². The number of likely N-dealkylation sites (tertiary alicyclic amines) is 1. The van der Waals surface area contributed by atoms with E-state index in [9.17, 15) is 0 Å². The predicted molar refractivity (Wildman–Crippen MR) is 64.8 cm³/mol. The molecular weight excluding hydrogens is 184 g/mol. The zero-order valence-electron chi connectivity index (χ0n) is 10.3. The number of nitrogens with two attached hydrogens (primary N) is 1. The van der Waals surface area contributed by atoms with Crippen LogP contribution in [-0.4, -0.2) is 29.6 Å². The van der Waals surface area contributed by atoms with Gasteiger partial charge in [0.05, 0.1) is 0 Å². The van der Waals surface area contributed by atoms with Crippen molar-refractivity contribution in [3.05, 3.63) is 0 Å². The standard InChI is InChI=1S/C13H26N2/c1-11-4-5-12(2)15(10-11)9-8-13(14)6-3-7-13/h11-12H,3-10,14H2,1-2H3. The van der Waals surface area contributed by atoms with Gasteiger partial charge in [-0.3, -0.25) is 0 Å². The Kier molecular flexibility index (Phi) is 3.36. The Morgan fingerprint density at radius 1 is 1.27 bits per heavy atom. The van der Waals surface area contributed by atoms with E-state index in [1.165, 1.54) is 51.6 Å². The molecule has 2 fully saturated rings. The number of nitrogens with zero attached hydrogens (tertiary/aromatic N) is 1. The van der Waals surface area contributed by atoms with E-state index in [0.29, 0.717) is 0 Å². The molecular formula is C13H26N2. The maximum Gasteiger partial charge on any atom is 0.0166 e. The van der Waals surface area contributed by atoms with Gasteiger partial charge in [-0.2, -0.15) is 0 Å². The molecule has 2 rings (SSSR count). The second-order valence-electron chi connectivity index (χ2n) is 5.99. The van der Waals surface area contributed by atoms with Crippen LogP contribution in [0.15, 0.2) is 0 Å². The van der Waals surface area contributed by atoms with Crippen molar-refractivity contribution in [1.29, 1.82) is 0 Å². The van der Waals surface area contributed by atoms with Gasteiger partial charge in [0.2, 0.25) is 0 Å². The van der Waals surface area contributed by atoms with Crippen LogP contribution in [0.4, 0.5) is 0 Å². The summed E-state index contributed by atoms with van der Waals surface area (Å²) in [6.07, 6.45) is 7.85. The lowest BCUT2D eigenvalue weighted by Crippen LogP contribution is -2.50. The lowest BCUT2D eigenvalue weighted by Gasteiger charge is -2.42. The monoisotopic (exact) mass is 210 g/mol. The third-order valence-electron chi connectivity index (χ3n) is 4.49. The van der Waals surface area contributed by atoms with Gasteiger partial charge in [-0.1, -0.05) is 6.92 Å². The zero-order chi connectivity index (χ0) is 10.9. The number of rotatable bonds is 3. The minimum absolute atomic E-state index is 0.209. The zero-order valence-corrected chi connectivity index (χ0v) is 10.3. The molecule has 0 aromatic rings. The van der Waals surface area contributed by atoms with Gasteiger partial charge >= 0.3 is 0 Å². The van der Waals surface area contributed by atoms with Crippen molar-refractivity contribution < 1.29 is 0 Å². The maximum atomic E-state index is 6.27. The normalized spacial score (nSPS) is 36.2. The highest BCUT2D eigenvalue weighted by atomic mass is 15.2. The van der Waals surface area contributed by atoms with Gasteiger partial charge in [0, 0.05) is 24.7 Å². The van der Waals surface area contributed by atoms with Crippen molar-refractivity contribution in [2.75, 3.05) is 13.1 Å². The molecule has 88 valence electrons. The van der Waals surface area contributed by atoms with E-state index in [1.807, 2.05) is 0 Å². The van der Waals surface area contributed by atoms with E-state index in [-0.39, 0.29) is 5.54 Å². The van der Waals surface area contributed by atoms with Crippen LogP contribution in [0.1, 0.15) is 52.4 Å². The SMILES string of the molecule is CC1CCC(C)N(CCC2(N)CCC2)C1. The number of hydrogen-bond donors (Lipinski definition) is 1. The Bertz CT molecular complexity index is 211. The molecule has 1 aliphatic heterocycles. The van der Waals surface area contributed by atoms with Crippen LogP contribution in [0.25, 0.3) is 0 Å². The first kappa shape index (κ1) is 11.4. The highest BCUT2D eigenvalue weighted by molar-refractivity contribution is 4.93. The Morgan fingerprint density at radius 3 is 2.60 bits per heavy atom. The molecule has 0 amide bonds. The first-order chi connectivity index (χ1) is 7.09. The molecule has 2 aliphatic rings. The highest BCUT2D eigenvalue weighted by Crippen LogP contribution is 2.33. The van der Waals surface area contributed by atoms with Gasteiger partial charge in [-0.15, -0.1) is 0 Å². The molecule has 2 atom stereocenters. The predicted octanol–water partition coefficient (Wildman–Crippen LogP) is 2.38. The van der Waals surface area contributed by atoms with Crippen molar-refractivity contribution in [3.8, 4) is 0 Å². The summed E-state index contributed by atoms with van der Waals surface area (Å²) in [6.45, 7) is 7.26. The van der Waals surface area contributed by atoms with Gasteiger partial charge in [-0.25, -0.2) is 0 Å². The number of hydrogen-bond acceptors (Lipinski definition) is 2. The van der Waals surface area contributed by atoms with Crippen LogP contribution in [0.2, 0.25) is 0 Å². The Morgan fingerprint density at radius 2 is 2.00 bits per heavy atom. The third-order valence-corrected chi connectivity index (χ3v) is 4.49. The smallest absolute Gasteiger partial charge is 0.0166 e. The molecule has 2 unspecified atom stereocenters. The third kappa shape index (κ3) is 2.73. The largest absolute Gasteiger partial charge is 0.325 e. The molecule has 2 heteroatoms. The summed E-state index contributed by atoms with van der Waals surface area (Å²) in [6, 6.07) is 0.782. The Labute approximate surface area is 94.2 Å². The average molecular weight is 210 g/mol. The molecule has 1 heterocycles. The van der Waals surface area contributed by atoms with E-state index in [0.717, 1.165) is 12.0 Å². The molecule has 2 nitrogen and oxygen atoms in total. The van der Waals surface area contributed by atoms with Crippen LogP contribution < -0.4 is 5.73 Å². The van der Waals surface area contributed by atoms with Gasteiger partial charge in [0.1, 0.15) is 0 Å². The fourth-order valence-electron chi connectivity index (χ4n) is 2.94. The molecule has 0 radical (unpaired) electrons. The van der Waals surface area contributed by atoms with Crippen molar-refractivity contribution in [2.24, 2.45) is 11.7 Å². The molecule has 0 spiro atoms. The second-order valence-corrected chi connectivity index (χ2v) is 5.99. The molecule has 0 bridgehead atoms. The van der Waals surface area contributed by atoms with Crippen molar-refractivity contribution >= 4 is 0 Å². The van der Waals surface area contributed by atoms with Crippen LogP contribution >= 0.6 is 0 Å². The van der Waals surface area contributed by atoms with E-state index in [2.05, 4.69) is 18.7 Å². The van der Waals surface area contributed by atoms with Crippen molar-refractivity contribution in [2.45, 2.75) is 64.0 Å². The van der Waals surface area contributed by atoms with Gasteiger partial charge in [0.25, 0.3) is 0 Å². The molecule has 1 saturated heterocycles. The lowest BCUT2D eigenvalue weighted by molar-refractivity contribution is 0.101. The van der Waals surface area contributed by atoms with E-state index in [1.54, 1.807) is 0 Å². The van der Waals surface area contributed by atoms with E-state index < -0.39 is 0 Å². The fraction of sp³-hybridized carbons (Fsp3) is 1.00. The molecule has 0 aromatic heterocycles. The number of piperidine rings is 1. The summed E-state index contributed by atoms with van der Waals surface area (Å²) in [7, 11) is 0. The topological polar surface area (TPSA) is 29.3 Å². The molecule has 1 saturated carbocycles. The average Bonchev–Trinajstić information content (AvgIpc) is 2.17. The van der Waals surface area contributed by atoms with Crippen LogP contribution in [0, 0.1) is 5.92 Å². The van der Waals surface area contributed by atoms with E-state index in [4.69, 9.17) is 5.73 Å².